The van der Waals surface area contributed by atoms with Crippen molar-refractivity contribution >= 4 is 17.2 Å². The number of benzene rings is 1. The van der Waals surface area contributed by atoms with Gasteiger partial charge in [-0.2, -0.15) is 0 Å². The molecule has 2 aliphatic rings. The number of ether oxygens (including phenoxy) is 1. The van der Waals surface area contributed by atoms with Gasteiger partial charge in [0.15, 0.2) is 16.5 Å². The van der Waals surface area contributed by atoms with Crippen LogP contribution in [0.4, 0.5) is 8.78 Å². The van der Waals surface area contributed by atoms with Crippen molar-refractivity contribution < 1.29 is 18.3 Å². The Morgan fingerprint density at radius 2 is 1.97 bits per heavy atom. The highest BCUT2D eigenvalue weighted by atomic mass is 32.1. The van der Waals surface area contributed by atoms with E-state index in [0.29, 0.717) is 28.7 Å². The van der Waals surface area contributed by atoms with Crippen LogP contribution in [0, 0.1) is 11.6 Å². The Morgan fingerprint density at radius 1 is 1.19 bits per heavy atom. The van der Waals surface area contributed by atoms with Gasteiger partial charge in [0.2, 0.25) is 5.43 Å². The van der Waals surface area contributed by atoms with Crippen molar-refractivity contribution in [3.8, 4) is 16.3 Å². The van der Waals surface area contributed by atoms with Crippen molar-refractivity contribution in [3.63, 3.8) is 0 Å². The van der Waals surface area contributed by atoms with Crippen molar-refractivity contribution in [1.82, 2.24) is 25.0 Å². The molecule has 0 atom stereocenters. The molecule has 2 aromatic heterocycles. The van der Waals surface area contributed by atoms with Crippen LogP contribution >= 0.6 is 11.3 Å². The Hall–Kier alpha value is -3.18. The Labute approximate surface area is 217 Å². The van der Waals surface area contributed by atoms with Crippen LogP contribution < -0.4 is 15.5 Å². The summed E-state index contributed by atoms with van der Waals surface area (Å²) in [6, 6.07) is 3.40. The smallest absolute Gasteiger partial charge is 0.274 e. The maximum Gasteiger partial charge on any atom is 0.274 e. The predicted octanol–water partition coefficient (Wildman–Crippen LogP) is 3.62. The number of rotatable bonds is 7. The molecule has 196 valence electrons. The molecule has 1 aromatic carbocycles. The second kappa shape index (κ2) is 10.3. The molecular weight excluding hydrogens is 500 g/mol. The summed E-state index contributed by atoms with van der Waals surface area (Å²) >= 11 is 1.17. The first-order valence-electron chi connectivity index (χ1n) is 12.5. The molecule has 4 heterocycles. The number of fused-ring (bicyclic) bond motifs is 1. The van der Waals surface area contributed by atoms with Gasteiger partial charge in [0.1, 0.15) is 16.6 Å². The zero-order valence-corrected chi connectivity index (χ0v) is 21.7. The first kappa shape index (κ1) is 25.5. The average Bonchev–Trinajstić information content (AvgIpc) is 3.35. The lowest BCUT2D eigenvalue weighted by Crippen LogP contribution is -2.61. The second-order valence-electron chi connectivity index (χ2n) is 9.63. The summed E-state index contributed by atoms with van der Waals surface area (Å²) in [6.45, 7) is 4.49. The highest BCUT2D eigenvalue weighted by Gasteiger charge is 2.45. The fourth-order valence-corrected chi connectivity index (χ4v) is 5.90. The average molecular weight is 530 g/mol. The maximum absolute atomic E-state index is 14.2. The van der Waals surface area contributed by atoms with Crippen LogP contribution in [-0.4, -0.2) is 57.9 Å². The fraction of sp³-hybridized carbons (Fsp3) is 0.462. The lowest BCUT2D eigenvalue weighted by molar-refractivity contribution is 0.0283. The maximum atomic E-state index is 14.2. The lowest BCUT2D eigenvalue weighted by Gasteiger charge is -2.48. The van der Waals surface area contributed by atoms with Gasteiger partial charge in [0.25, 0.3) is 5.91 Å². The standard InChI is InChI=1S/C26H29F2N5O3S/c1-3-4-11-36-23-21-25(35)32(2)26(7-9-29-10-8-26)15-33(21)14-18(22(23)34)24-31-30-20(37-24)12-16-5-6-17(27)13-19(16)28/h5-6,13-14,29H,3-4,7-12,15H2,1-2H3. The van der Waals surface area contributed by atoms with Gasteiger partial charge >= 0.3 is 0 Å². The third-order valence-electron chi connectivity index (χ3n) is 7.25. The molecule has 0 bridgehead atoms. The summed E-state index contributed by atoms with van der Waals surface area (Å²) in [5, 5.41) is 12.6. The van der Waals surface area contributed by atoms with Gasteiger partial charge in [-0.15, -0.1) is 10.2 Å². The molecule has 0 unspecified atom stereocenters. The molecule has 2 aliphatic heterocycles. The van der Waals surface area contributed by atoms with Gasteiger partial charge in [-0.25, -0.2) is 8.78 Å². The van der Waals surface area contributed by atoms with E-state index < -0.39 is 17.1 Å². The Bertz CT molecular complexity index is 1380. The highest BCUT2D eigenvalue weighted by molar-refractivity contribution is 7.14. The number of hydrogen-bond donors (Lipinski definition) is 1. The minimum absolute atomic E-state index is 0.0351. The molecule has 1 spiro atoms. The molecule has 1 saturated heterocycles. The molecule has 5 rings (SSSR count). The summed E-state index contributed by atoms with van der Waals surface area (Å²) in [5.74, 6) is -1.50. The van der Waals surface area contributed by atoms with Gasteiger partial charge in [0, 0.05) is 32.3 Å². The largest absolute Gasteiger partial charge is 0.487 e. The number of halogens is 2. The first-order valence-corrected chi connectivity index (χ1v) is 13.3. The minimum atomic E-state index is -0.660. The van der Waals surface area contributed by atoms with Gasteiger partial charge < -0.3 is 19.5 Å². The number of hydrogen-bond acceptors (Lipinski definition) is 7. The van der Waals surface area contributed by atoms with E-state index in [4.69, 9.17) is 4.74 Å². The van der Waals surface area contributed by atoms with Crippen LogP contribution in [0.1, 0.15) is 53.7 Å². The zero-order valence-electron chi connectivity index (χ0n) is 20.9. The predicted molar refractivity (Wildman–Crippen MR) is 136 cm³/mol. The third-order valence-corrected chi connectivity index (χ3v) is 8.21. The first-order chi connectivity index (χ1) is 17.8. The van der Waals surface area contributed by atoms with Crippen LogP contribution in [0.3, 0.4) is 0 Å². The summed E-state index contributed by atoms with van der Waals surface area (Å²) in [7, 11) is 1.80. The normalized spacial score (nSPS) is 16.8. The summed E-state index contributed by atoms with van der Waals surface area (Å²) in [5.41, 5.74) is 0.0707. The Kier molecular flexibility index (Phi) is 7.09. The summed E-state index contributed by atoms with van der Waals surface area (Å²) in [4.78, 5) is 29.0. The van der Waals surface area contributed by atoms with Gasteiger partial charge in [-0.3, -0.25) is 9.59 Å². The summed E-state index contributed by atoms with van der Waals surface area (Å²) < 4.78 is 35.2. The number of nitrogens with zero attached hydrogens (tertiary/aromatic N) is 4. The lowest BCUT2D eigenvalue weighted by atomic mass is 9.84. The van der Waals surface area contributed by atoms with E-state index in [1.54, 1.807) is 18.1 Å². The number of piperidine rings is 1. The number of carbonyl (C=O) groups excluding carboxylic acids is 1. The quantitative estimate of drug-likeness (QED) is 0.471. The highest BCUT2D eigenvalue weighted by Crippen LogP contribution is 2.36. The second-order valence-corrected chi connectivity index (χ2v) is 10.7. The monoisotopic (exact) mass is 529 g/mol. The topological polar surface area (TPSA) is 89.3 Å². The van der Waals surface area contributed by atoms with Crippen molar-refractivity contribution in [2.24, 2.45) is 0 Å². The van der Waals surface area contributed by atoms with E-state index >= 15 is 0 Å². The van der Waals surface area contributed by atoms with Gasteiger partial charge in [-0.05, 0) is 44.0 Å². The molecule has 0 radical (unpaired) electrons. The van der Waals surface area contributed by atoms with E-state index in [9.17, 15) is 18.4 Å². The minimum Gasteiger partial charge on any atom is -0.487 e. The molecule has 1 fully saturated rings. The van der Waals surface area contributed by atoms with Crippen molar-refractivity contribution in [2.45, 2.75) is 51.1 Å². The van der Waals surface area contributed by atoms with E-state index in [1.165, 1.54) is 23.5 Å². The van der Waals surface area contributed by atoms with Crippen molar-refractivity contribution in [2.75, 3.05) is 26.7 Å². The zero-order chi connectivity index (χ0) is 26.2. The summed E-state index contributed by atoms with van der Waals surface area (Å²) in [6.07, 6.45) is 5.03. The number of likely N-dealkylation sites (N-methyl/N-ethyl adjacent to an activating group) is 1. The Balaban J connectivity index is 1.55. The molecule has 1 amide bonds. The van der Waals surface area contributed by atoms with Crippen LogP contribution in [-0.2, 0) is 13.0 Å². The van der Waals surface area contributed by atoms with Gasteiger partial charge in [0.05, 0.1) is 17.7 Å². The van der Waals surface area contributed by atoms with Crippen LogP contribution in [0.15, 0.2) is 29.2 Å². The van der Waals surface area contributed by atoms with E-state index in [-0.39, 0.29) is 34.9 Å². The molecule has 0 saturated carbocycles. The number of nitrogens with one attached hydrogen (secondary N) is 1. The molecular formula is C26H29F2N5O3S. The third kappa shape index (κ3) is 4.77. The molecule has 8 nitrogen and oxygen atoms in total. The fourth-order valence-electron chi connectivity index (χ4n) is 5.03. The number of unbranched alkanes of at least 4 members (excludes halogenated alkanes) is 1. The number of aromatic nitrogens is 3. The van der Waals surface area contributed by atoms with Crippen LogP contribution in [0.2, 0.25) is 0 Å². The van der Waals surface area contributed by atoms with E-state index in [0.717, 1.165) is 44.8 Å². The number of carbonyl (C=O) groups is 1. The molecule has 11 heteroatoms. The van der Waals surface area contributed by atoms with E-state index in [1.807, 2.05) is 11.5 Å². The Morgan fingerprint density at radius 3 is 2.70 bits per heavy atom. The molecule has 0 aliphatic carbocycles. The number of pyridine rings is 1. The van der Waals surface area contributed by atoms with Gasteiger partial charge in [-0.1, -0.05) is 30.7 Å². The van der Waals surface area contributed by atoms with Crippen molar-refractivity contribution in [1.29, 1.82) is 0 Å². The molecule has 37 heavy (non-hydrogen) atoms. The number of amides is 1. The van der Waals surface area contributed by atoms with Crippen LogP contribution in [0.25, 0.3) is 10.6 Å². The molecule has 3 aromatic rings. The van der Waals surface area contributed by atoms with E-state index in [2.05, 4.69) is 15.5 Å². The van der Waals surface area contributed by atoms with Crippen molar-refractivity contribution in [3.05, 3.63) is 62.5 Å². The SMILES string of the molecule is CCCCOc1c2n(cc(-c3nnc(Cc4ccc(F)cc4F)s3)c1=O)CC1(CCNCC1)N(C)C2=O. The van der Waals surface area contributed by atoms with Crippen LogP contribution in [0.5, 0.6) is 5.75 Å². The molecule has 1 N–H and O–H groups in total.